The molecule has 2 heterocycles. The molecule has 0 spiro atoms. The number of hydrogen-bond donors (Lipinski definition) is 5. The van der Waals surface area contributed by atoms with Crippen LogP contribution in [0.15, 0.2) is 54.6 Å². The molecule has 1 saturated heterocycles. The van der Waals surface area contributed by atoms with Gasteiger partial charge in [-0.05, 0) is 56.3 Å². The summed E-state index contributed by atoms with van der Waals surface area (Å²) in [5.41, 5.74) is 4.72. The lowest BCUT2D eigenvalue weighted by molar-refractivity contribution is -0.193. The van der Waals surface area contributed by atoms with E-state index in [2.05, 4.69) is 10.3 Å². The van der Waals surface area contributed by atoms with Gasteiger partial charge >= 0.3 is 24.3 Å². The van der Waals surface area contributed by atoms with E-state index in [-0.39, 0.29) is 19.5 Å². The van der Waals surface area contributed by atoms with Gasteiger partial charge in [-0.2, -0.15) is 26.3 Å². The summed E-state index contributed by atoms with van der Waals surface area (Å²) in [4.78, 5) is 48.7. The Labute approximate surface area is 277 Å². The number of carboxylic acids is 2. The number of aromatic nitrogens is 1. The molecule has 1 aliphatic rings. The third-order valence-corrected chi connectivity index (χ3v) is 6.78. The number of rotatable bonds is 8. The number of amides is 2. The van der Waals surface area contributed by atoms with E-state index < -0.39 is 61.0 Å². The van der Waals surface area contributed by atoms with E-state index in [0.717, 1.165) is 22.2 Å². The van der Waals surface area contributed by atoms with Crippen LogP contribution in [-0.4, -0.2) is 93.5 Å². The van der Waals surface area contributed by atoms with E-state index in [0.29, 0.717) is 17.9 Å². The Morgan fingerprint density at radius 1 is 0.960 bits per heavy atom. The standard InChI is InChI=1S/C26H28F2N4O4.2C2HF3O2/c1-16-12-18(20-4-2-3-5-22(20)29-16)15-36-19-8-6-17(7-9-19)25(33)30-23-13-32(14-24(27)28)11-10-21(23)26(34)31-35;2*3-2(4,5)1(6)7/h2-9,12,21,23-24,35H,10-11,13-15H2,1H3,(H,30,33)(H,31,34);2*(H,6,7)/t21-,23+;;/m0../s1. The number of fused-ring (bicyclic) bond motifs is 1. The molecular weight excluding hydrogens is 696 g/mol. The molecule has 274 valence electrons. The normalized spacial score (nSPS) is 16.3. The molecule has 12 nitrogen and oxygen atoms in total. The maximum atomic E-state index is 12.9. The number of aryl methyl sites for hydroxylation is 1. The number of piperidine rings is 1. The Morgan fingerprint density at radius 3 is 2.04 bits per heavy atom. The van der Waals surface area contributed by atoms with Gasteiger partial charge in [-0.3, -0.25) is 24.7 Å². The third kappa shape index (κ3) is 13.1. The van der Waals surface area contributed by atoms with Crippen molar-refractivity contribution in [2.75, 3.05) is 19.6 Å². The number of ether oxygens (including phenoxy) is 1. The molecule has 2 atom stereocenters. The summed E-state index contributed by atoms with van der Waals surface area (Å²) in [5, 5.41) is 27.1. The van der Waals surface area contributed by atoms with Crippen LogP contribution in [0.25, 0.3) is 10.9 Å². The third-order valence-electron chi connectivity index (χ3n) is 6.78. The van der Waals surface area contributed by atoms with Gasteiger partial charge in [0.05, 0.1) is 24.0 Å². The number of halogens is 8. The van der Waals surface area contributed by atoms with Crippen molar-refractivity contribution in [2.24, 2.45) is 5.92 Å². The second kappa shape index (κ2) is 18.0. The molecule has 0 aliphatic carbocycles. The summed E-state index contributed by atoms with van der Waals surface area (Å²) >= 11 is 0. The van der Waals surface area contributed by atoms with Gasteiger partial charge in [0.1, 0.15) is 12.4 Å². The highest BCUT2D eigenvalue weighted by atomic mass is 19.4. The van der Waals surface area contributed by atoms with Crippen LogP contribution >= 0.6 is 0 Å². The Kier molecular flexibility index (Phi) is 14.8. The largest absolute Gasteiger partial charge is 0.490 e. The summed E-state index contributed by atoms with van der Waals surface area (Å²) in [6.07, 6.45) is -12.5. The number of hydroxylamine groups is 1. The highest BCUT2D eigenvalue weighted by Gasteiger charge is 2.39. The van der Waals surface area contributed by atoms with E-state index in [4.69, 9.17) is 29.7 Å². The molecule has 0 radical (unpaired) electrons. The molecule has 3 aromatic rings. The van der Waals surface area contributed by atoms with Gasteiger partial charge in [0.25, 0.3) is 12.3 Å². The summed E-state index contributed by atoms with van der Waals surface area (Å²) in [6, 6.07) is 15.6. The number of benzene rings is 2. The smallest absolute Gasteiger partial charge is 0.489 e. The second-order valence-electron chi connectivity index (χ2n) is 10.5. The van der Waals surface area contributed by atoms with E-state index >= 15 is 0 Å². The van der Waals surface area contributed by atoms with Crippen molar-refractivity contribution >= 4 is 34.7 Å². The Balaban J connectivity index is 0.000000521. The first kappa shape index (κ1) is 41.1. The number of alkyl halides is 8. The predicted octanol–water partition coefficient (Wildman–Crippen LogP) is 4.58. The minimum atomic E-state index is -5.08. The maximum Gasteiger partial charge on any atom is 0.490 e. The zero-order valence-electron chi connectivity index (χ0n) is 25.8. The molecule has 5 N–H and O–H groups in total. The van der Waals surface area contributed by atoms with Gasteiger partial charge in [-0.1, -0.05) is 18.2 Å². The SMILES string of the molecule is Cc1cc(COc2ccc(C(=O)N[C@@H]3CN(CC(F)F)CC[C@@H]3C(=O)NO)cc2)c2ccccc2n1.O=C(O)C(F)(F)F.O=C(O)C(F)(F)F. The molecule has 1 aliphatic heterocycles. The zero-order valence-corrected chi connectivity index (χ0v) is 25.8. The quantitative estimate of drug-likeness (QED) is 0.125. The molecule has 2 amide bonds. The number of aliphatic carboxylic acids is 2. The van der Waals surface area contributed by atoms with Crippen LogP contribution in [0.3, 0.4) is 0 Å². The van der Waals surface area contributed by atoms with Crippen molar-refractivity contribution in [3.63, 3.8) is 0 Å². The first-order chi connectivity index (χ1) is 23.2. The highest BCUT2D eigenvalue weighted by molar-refractivity contribution is 5.95. The van der Waals surface area contributed by atoms with E-state index in [1.165, 1.54) is 4.90 Å². The van der Waals surface area contributed by atoms with Crippen molar-refractivity contribution < 1.29 is 74.5 Å². The van der Waals surface area contributed by atoms with Gasteiger partial charge in [0.15, 0.2) is 0 Å². The maximum absolute atomic E-state index is 12.9. The van der Waals surface area contributed by atoms with Crippen LogP contribution in [0, 0.1) is 12.8 Å². The summed E-state index contributed by atoms with van der Waals surface area (Å²) in [6.45, 7) is 2.16. The summed E-state index contributed by atoms with van der Waals surface area (Å²) in [7, 11) is 0. The van der Waals surface area contributed by atoms with Crippen molar-refractivity contribution in [1.82, 2.24) is 20.7 Å². The zero-order chi connectivity index (χ0) is 37.8. The van der Waals surface area contributed by atoms with E-state index in [1.54, 1.807) is 29.7 Å². The number of likely N-dealkylation sites (tertiary alicyclic amines) is 1. The lowest BCUT2D eigenvalue weighted by Gasteiger charge is -2.37. The van der Waals surface area contributed by atoms with Gasteiger partial charge in [0.2, 0.25) is 5.91 Å². The predicted molar refractivity (Wildman–Crippen MR) is 156 cm³/mol. The number of carboxylic acid groups (broad SMARTS) is 2. The highest BCUT2D eigenvalue weighted by Crippen LogP contribution is 2.23. The Hall–Kier alpha value is -5.11. The average Bonchev–Trinajstić information content (AvgIpc) is 3.03. The lowest BCUT2D eigenvalue weighted by atomic mass is 9.90. The van der Waals surface area contributed by atoms with Crippen molar-refractivity contribution in [1.29, 1.82) is 0 Å². The number of nitrogens with zero attached hydrogens (tertiary/aromatic N) is 2. The summed E-state index contributed by atoms with van der Waals surface area (Å²) < 4.78 is 95.1. The first-order valence-corrected chi connectivity index (χ1v) is 14.2. The molecule has 4 rings (SSSR count). The molecule has 0 unspecified atom stereocenters. The van der Waals surface area contributed by atoms with Gasteiger partial charge in [-0.15, -0.1) is 0 Å². The minimum absolute atomic E-state index is 0.0780. The van der Waals surface area contributed by atoms with E-state index in [1.807, 2.05) is 37.3 Å². The minimum Gasteiger partial charge on any atom is -0.489 e. The van der Waals surface area contributed by atoms with Gasteiger partial charge in [-0.25, -0.2) is 23.9 Å². The number of nitrogens with one attached hydrogen (secondary N) is 2. The number of hydrogen-bond acceptors (Lipinski definition) is 8. The number of pyridine rings is 1. The molecule has 1 aromatic heterocycles. The topological polar surface area (TPSA) is 178 Å². The Morgan fingerprint density at radius 2 is 1.52 bits per heavy atom. The molecule has 2 aromatic carbocycles. The monoisotopic (exact) mass is 726 g/mol. The molecule has 0 bridgehead atoms. The van der Waals surface area contributed by atoms with Crippen LogP contribution in [0.1, 0.15) is 28.0 Å². The average molecular weight is 727 g/mol. The molecule has 20 heteroatoms. The fourth-order valence-corrected chi connectivity index (χ4v) is 4.55. The van der Waals surface area contributed by atoms with Gasteiger partial charge < -0.3 is 20.3 Å². The molecule has 50 heavy (non-hydrogen) atoms. The van der Waals surface area contributed by atoms with Gasteiger partial charge in [0, 0.05) is 28.8 Å². The Bertz CT molecular complexity index is 1600. The van der Waals surface area contributed by atoms with Crippen LogP contribution in [0.4, 0.5) is 35.1 Å². The second-order valence-corrected chi connectivity index (χ2v) is 10.5. The van der Waals surface area contributed by atoms with Crippen LogP contribution in [0.5, 0.6) is 5.75 Å². The van der Waals surface area contributed by atoms with E-state index in [9.17, 15) is 44.7 Å². The van der Waals surface area contributed by atoms with Crippen LogP contribution in [0.2, 0.25) is 0 Å². The fraction of sp³-hybridized carbons (Fsp3) is 0.367. The number of carbonyl (C=O) groups is 4. The molecular formula is C30H30F8N4O8. The molecule has 1 fully saturated rings. The van der Waals surface area contributed by atoms with Crippen molar-refractivity contribution in [3.05, 3.63) is 71.4 Å². The van der Waals surface area contributed by atoms with Crippen molar-refractivity contribution in [2.45, 2.75) is 44.8 Å². The first-order valence-electron chi connectivity index (χ1n) is 14.2. The summed E-state index contributed by atoms with van der Waals surface area (Å²) in [5.74, 6) is -6.77. The van der Waals surface area contributed by atoms with Crippen LogP contribution in [-0.2, 0) is 21.0 Å². The van der Waals surface area contributed by atoms with Crippen molar-refractivity contribution in [3.8, 4) is 5.75 Å². The number of carbonyl (C=O) groups excluding carboxylic acids is 2. The molecule has 0 saturated carbocycles. The number of para-hydroxylation sites is 1. The fourth-order valence-electron chi connectivity index (χ4n) is 4.55. The van der Waals surface area contributed by atoms with Crippen LogP contribution < -0.4 is 15.5 Å². The lowest BCUT2D eigenvalue weighted by Crippen LogP contribution is -2.56.